The van der Waals surface area contributed by atoms with Crippen molar-refractivity contribution in [3.63, 3.8) is 0 Å². The molecule has 5 nitrogen and oxygen atoms in total. The van der Waals surface area contributed by atoms with Crippen LogP contribution in [0.2, 0.25) is 0 Å². The fraction of sp³-hybridized carbons (Fsp3) is 0.333. The first-order valence-corrected chi connectivity index (χ1v) is 6.36. The summed E-state index contributed by atoms with van der Waals surface area (Å²) in [5, 5.41) is 14.3. The number of rotatable bonds is 6. The molecule has 0 saturated heterocycles. The van der Waals surface area contributed by atoms with Crippen molar-refractivity contribution in [2.75, 3.05) is 0 Å². The van der Waals surface area contributed by atoms with Gasteiger partial charge in [-0.2, -0.15) is 0 Å². The molecule has 1 aromatic rings. The number of benzene rings is 1. The van der Waals surface area contributed by atoms with Gasteiger partial charge in [0.05, 0.1) is 5.56 Å². The molecule has 0 spiro atoms. The molecule has 1 rings (SSSR count). The highest BCUT2D eigenvalue weighted by Gasteiger charge is 2.08. The quantitative estimate of drug-likeness (QED) is 0.694. The first-order valence-electron chi connectivity index (χ1n) is 6.36. The number of carbonyl (C=O) groups is 2. The summed E-state index contributed by atoms with van der Waals surface area (Å²) < 4.78 is 0. The third kappa shape index (κ3) is 5.02. The van der Waals surface area contributed by atoms with Gasteiger partial charge < -0.3 is 15.7 Å². The molecule has 2 amide bonds. The standard InChI is InChI=1S/C15H18N2O3/c1-3-5-13(4-2)17-15(20)16-10-11-6-8-12(9-7-11)14(18)19/h1,6-9,13H,4-5,10H2,2H3,(H,18,19)(H2,16,17,20). The van der Waals surface area contributed by atoms with Crippen LogP contribution in [0.3, 0.4) is 0 Å². The summed E-state index contributed by atoms with van der Waals surface area (Å²) in [6.45, 7) is 2.28. The molecule has 5 heteroatoms. The molecule has 0 aliphatic carbocycles. The van der Waals surface area contributed by atoms with Crippen LogP contribution in [0.1, 0.15) is 35.7 Å². The molecule has 1 aromatic carbocycles. The number of hydrogen-bond donors (Lipinski definition) is 3. The van der Waals surface area contributed by atoms with Gasteiger partial charge in [-0.25, -0.2) is 9.59 Å². The Bertz CT molecular complexity index is 503. The van der Waals surface area contributed by atoms with Gasteiger partial charge in [-0.3, -0.25) is 0 Å². The topological polar surface area (TPSA) is 78.4 Å². The molecular formula is C15H18N2O3. The van der Waals surface area contributed by atoms with Gasteiger partial charge in [0.15, 0.2) is 0 Å². The van der Waals surface area contributed by atoms with Gasteiger partial charge in [0, 0.05) is 19.0 Å². The van der Waals surface area contributed by atoms with E-state index in [4.69, 9.17) is 11.5 Å². The zero-order valence-corrected chi connectivity index (χ0v) is 11.3. The van der Waals surface area contributed by atoms with Crippen LogP contribution in [0.15, 0.2) is 24.3 Å². The first-order chi connectivity index (χ1) is 9.56. The lowest BCUT2D eigenvalue weighted by Crippen LogP contribution is -2.41. The largest absolute Gasteiger partial charge is 0.478 e. The molecule has 0 aromatic heterocycles. The molecule has 3 N–H and O–H groups in total. The molecule has 0 saturated carbocycles. The zero-order valence-electron chi connectivity index (χ0n) is 11.3. The van der Waals surface area contributed by atoms with Gasteiger partial charge in [0.1, 0.15) is 0 Å². The van der Waals surface area contributed by atoms with E-state index in [9.17, 15) is 9.59 Å². The maximum absolute atomic E-state index is 11.7. The molecule has 0 bridgehead atoms. The number of carbonyl (C=O) groups excluding carboxylic acids is 1. The smallest absolute Gasteiger partial charge is 0.335 e. The van der Waals surface area contributed by atoms with Crippen LogP contribution in [0.4, 0.5) is 4.79 Å². The predicted octanol–water partition coefficient (Wildman–Crippen LogP) is 1.99. The SMILES string of the molecule is C#CCC(CC)NC(=O)NCc1ccc(C(=O)O)cc1. The van der Waals surface area contributed by atoms with Crippen LogP contribution in [-0.4, -0.2) is 23.1 Å². The Morgan fingerprint density at radius 2 is 2.00 bits per heavy atom. The normalized spacial score (nSPS) is 11.2. The molecule has 106 valence electrons. The van der Waals surface area contributed by atoms with E-state index < -0.39 is 5.97 Å². The summed E-state index contributed by atoms with van der Waals surface area (Å²) in [6.07, 6.45) is 6.48. The molecule has 0 heterocycles. The van der Waals surface area contributed by atoms with E-state index in [1.165, 1.54) is 12.1 Å². The average molecular weight is 274 g/mol. The Morgan fingerprint density at radius 1 is 1.35 bits per heavy atom. The number of urea groups is 1. The Kier molecular flexibility index (Phi) is 6.11. The van der Waals surface area contributed by atoms with Crippen molar-refractivity contribution in [2.45, 2.75) is 32.4 Å². The molecule has 0 radical (unpaired) electrons. The lowest BCUT2D eigenvalue weighted by atomic mass is 10.1. The van der Waals surface area contributed by atoms with Crippen molar-refractivity contribution in [1.29, 1.82) is 0 Å². The van der Waals surface area contributed by atoms with E-state index >= 15 is 0 Å². The van der Waals surface area contributed by atoms with Crippen LogP contribution in [0.5, 0.6) is 0 Å². The predicted molar refractivity (Wildman–Crippen MR) is 76.3 cm³/mol. The minimum Gasteiger partial charge on any atom is -0.478 e. The molecule has 0 aliphatic rings. The first kappa shape index (κ1) is 15.6. The number of carboxylic acids is 1. The minimum absolute atomic E-state index is 0.0330. The number of amides is 2. The molecule has 1 unspecified atom stereocenters. The lowest BCUT2D eigenvalue weighted by Gasteiger charge is -2.15. The third-order valence-corrected chi connectivity index (χ3v) is 2.85. The van der Waals surface area contributed by atoms with Crippen LogP contribution < -0.4 is 10.6 Å². The number of terminal acetylenes is 1. The highest BCUT2D eigenvalue weighted by Crippen LogP contribution is 2.04. The maximum Gasteiger partial charge on any atom is 0.335 e. The minimum atomic E-state index is -0.970. The van der Waals surface area contributed by atoms with Crippen molar-refractivity contribution in [2.24, 2.45) is 0 Å². The molecule has 1 atom stereocenters. The van der Waals surface area contributed by atoms with Crippen molar-refractivity contribution in [3.05, 3.63) is 35.4 Å². The third-order valence-electron chi connectivity index (χ3n) is 2.85. The van der Waals surface area contributed by atoms with Crippen LogP contribution in [0.25, 0.3) is 0 Å². The van der Waals surface area contributed by atoms with Gasteiger partial charge in [-0.1, -0.05) is 19.1 Å². The summed E-state index contributed by atoms with van der Waals surface area (Å²) in [7, 11) is 0. The van der Waals surface area contributed by atoms with Crippen LogP contribution >= 0.6 is 0 Å². The molecule has 20 heavy (non-hydrogen) atoms. The summed E-state index contributed by atoms with van der Waals surface area (Å²) in [4.78, 5) is 22.3. The van der Waals surface area contributed by atoms with Crippen LogP contribution in [-0.2, 0) is 6.54 Å². The Balaban J connectivity index is 2.44. The highest BCUT2D eigenvalue weighted by atomic mass is 16.4. The van der Waals surface area contributed by atoms with E-state index in [2.05, 4.69) is 16.6 Å². The van der Waals surface area contributed by atoms with E-state index in [1.807, 2.05) is 6.92 Å². The fourth-order valence-electron chi connectivity index (χ4n) is 1.62. The van der Waals surface area contributed by atoms with Gasteiger partial charge in [-0.15, -0.1) is 12.3 Å². The van der Waals surface area contributed by atoms with E-state index in [0.29, 0.717) is 13.0 Å². The molecule has 0 aliphatic heterocycles. The Hall–Kier alpha value is -2.48. The fourth-order valence-corrected chi connectivity index (χ4v) is 1.62. The second-order valence-corrected chi connectivity index (χ2v) is 4.34. The van der Waals surface area contributed by atoms with Gasteiger partial charge in [0.25, 0.3) is 0 Å². The van der Waals surface area contributed by atoms with E-state index in [0.717, 1.165) is 12.0 Å². The lowest BCUT2D eigenvalue weighted by molar-refractivity contribution is 0.0697. The maximum atomic E-state index is 11.7. The molecule has 0 fully saturated rings. The van der Waals surface area contributed by atoms with E-state index in [-0.39, 0.29) is 17.6 Å². The Morgan fingerprint density at radius 3 is 2.50 bits per heavy atom. The second-order valence-electron chi connectivity index (χ2n) is 4.34. The highest BCUT2D eigenvalue weighted by molar-refractivity contribution is 5.87. The summed E-state index contributed by atoms with van der Waals surface area (Å²) in [5.74, 6) is 1.55. The number of nitrogens with one attached hydrogen (secondary N) is 2. The molecular weight excluding hydrogens is 256 g/mol. The van der Waals surface area contributed by atoms with Gasteiger partial charge >= 0.3 is 12.0 Å². The summed E-state index contributed by atoms with van der Waals surface area (Å²) in [6, 6.07) is 6.03. The Labute approximate surface area is 118 Å². The van der Waals surface area contributed by atoms with E-state index in [1.54, 1.807) is 12.1 Å². The van der Waals surface area contributed by atoms with Crippen molar-refractivity contribution < 1.29 is 14.7 Å². The van der Waals surface area contributed by atoms with Crippen LogP contribution in [0, 0.1) is 12.3 Å². The van der Waals surface area contributed by atoms with Crippen molar-refractivity contribution >= 4 is 12.0 Å². The second kappa shape index (κ2) is 7.85. The number of hydrogen-bond acceptors (Lipinski definition) is 2. The monoisotopic (exact) mass is 274 g/mol. The van der Waals surface area contributed by atoms with Crippen molar-refractivity contribution in [3.8, 4) is 12.3 Å². The summed E-state index contributed by atoms with van der Waals surface area (Å²) in [5.41, 5.74) is 1.05. The number of aromatic carboxylic acids is 1. The van der Waals surface area contributed by atoms with Gasteiger partial charge in [-0.05, 0) is 24.1 Å². The van der Waals surface area contributed by atoms with Gasteiger partial charge in [0.2, 0.25) is 0 Å². The average Bonchev–Trinajstić information content (AvgIpc) is 2.45. The zero-order chi connectivity index (χ0) is 15.0. The van der Waals surface area contributed by atoms with Crippen molar-refractivity contribution in [1.82, 2.24) is 10.6 Å². The summed E-state index contributed by atoms with van der Waals surface area (Å²) >= 11 is 0. The number of carboxylic acid groups (broad SMARTS) is 1.